The number of aromatic nitrogens is 2. The maximum Gasteiger partial charge on any atom is 0.418 e. The lowest BCUT2D eigenvalue weighted by molar-refractivity contribution is -0.136. The summed E-state index contributed by atoms with van der Waals surface area (Å²) in [5.74, 6) is 0. The molecule has 3 N–H and O–H groups in total. The number of fused-ring (bicyclic) bond motifs is 1. The van der Waals surface area contributed by atoms with E-state index in [1.165, 1.54) is 18.5 Å². The highest BCUT2D eigenvalue weighted by molar-refractivity contribution is 5.96. The van der Waals surface area contributed by atoms with E-state index in [0.29, 0.717) is 22.3 Å². The second kappa shape index (κ2) is 4.26. The number of pyridine rings is 1. The molecular weight excluding hydrogens is 267 g/mol. The van der Waals surface area contributed by atoms with Gasteiger partial charge in [0.1, 0.15) is 0 Å². The van der Waals surface area contributed by atoms with Gasteiger partial charge in [0.25, 0.3) is 0 Å². The molecule has 3 aromatic rings. The van der Waals surface area contributed by atoms with Crippen molar-refractivity contribution in [2.75, 3.05) is 5.73 Å². The lowest BCUT2D eigenvalue weighted by Gasteiger charge is -2.07. The second-order valence-electron chi connectivity index (χ2n) is 4.40. The summed E-state index contributed by atoms with van der Waals surface area (Å²) in [6, 6.07) is 7.31. The standard InChI is InChI=1S/C14H10F3N3/c15-14(16,17)11-3-1-2-9-10(7-20-13(9)11)12-6-8(18)4-5-19-12/h1-7,20H,(H2,18,19). The summed E-state index contributed by atoms with van der Waals surface area (Å²) >= 11 is 0. The molecule has 2 aromatic heterocycles. The summed E-state index contributed by atoms with van der Waals surface area (Å²) in [7, 11) is 0. The van der Waals surface area contributed by atoms with Crippen LogP contribution in [0.25, 0.3) is 22.2 Å². The number of H-pyrrole nitrogens is 1. The zero-order chi connectivity index (χ0) is 14.3. The van der Waals surface area contributed by atoms with Gasteiger partial charge in [-0.25, -0.2) is 0 Å². The fourth-order valence-electron chi connectivity index (χ4n) is 2.20. The number of benzene rings is 1. The SMILES string of the molecule is Nc1ccnc(-c2c[nH]c3c(C(F)(F)F)cccc23)c1. The van der Waals surface area contributed by atoms with Gasteiger partial charge in [-0.3, -0.25) is 4.98 Å². The average Bonchev–Trinajstić information content (AvgIpc) is 2.81. The maximum absolute atomic E-state index is 12.9. The molecule has 3 nitrogen and oxygen atoms in total. The highest BCUT2D eigenvalue weighted by atomic mass is 19.4. The van der Waals surface area contributed by atoms with Gasteiger partial charge in [-0.2, -0.15) is 13.2 Å². The highest BCUT2D eigenvalue weighted by Gasteiger charge is 2.33. The van der Waals surface area contributed by atoms with E-state index in [-0.39, 0.29) is 5.52 Å². The van der Waals surface area contributed by atoms with Crippen LogP contribution in [0, 0.1) is 0 Å². The van der Waals surface area contributed by atoms with Gasteiger partial charge in [0, 0.05) is 29.0 Å². The Morgan fingerprint density at radius 2 is 1.95 bits per heavy atom. The molecule has 0 saturated carbocycles. The Morgan fingerprint density at radius 3 is 2.65 bits per heavy atom. The van der Waals surface area contributed by atoms with Crippen LogP contribution in [0.15, 0.2) is 42.7 Å². The summed E-state index contributed by atoms with van der Waals surface area (Å²) in [4.78, 5) is 6.82. The number of alkyl halides is 3. The lowest BCUT2D eigenvalue weighted by atomic mass is 10.1. The molecule has 0 unspecified atom stereocenters. The van der Waals surface area contributed by atoms with Crippen LogP contribution in [0.1, 0.15) is 5.56 Å². The molecule has 6 heteroatoms. The number of rotatable bonds is 1. The van der Waals surface area contributed by atoms with E-state index >= 15 is 0 Å². The van der Waals surface area contributed by atoms with Crippen molar-refractivity contribution in [2.24, 2.45) is 0 Å². The molecule has 0 saturated heterocycles. The lowest BCUT2D eigenvalue weighted by Crippen LogP contribution is -2.05. The summed E-state index contributed by atoms with van der Waals surface area (Å²) in [5, 5.41) is 0.470. The minimum Gasteiger partial charge on any atom is -0.399 e. The Kier molecular flexibility index (Phi) is 2.67. The van der Waals surface area contributed by atoms with Gasteiger partial charge in [-0.05, 0) is 18.2 Å². The summed E-state index contributed by atoms with van der Waals surface area (Å²) in [6.45, 7) is 0. The van der Waals surface area contributed by atoms with Crippen LogP contribution in [0.4, 0.5) is 18.9 Å². The Bertz CT molecular complexity index is 775. The minimum absolute atomic E-state index is 0.0548. The number of nitrogens with two attached hydrogens (primary N) is 1. The van der Waals surface area contributed by atoms with E-state index in [9.17, 15) is 13.2 Å². The van der Waals surface area contributed by atoms with Gasteiger partial charge in [-0.15, -0.1) is 0 Å². The predicted molar refractivity (Wildman–Crippen MR) is 70.9 cm³/mol. The van der Waals surface area contributed by atoms with Crippen LogP contribution in [-0.2, 0) is 6.18 Å². The summed E-state index contributed by atoms with van der Waals surface area (Å²) in [6.07, 6.45) is -1.36. The van der Waals surface area contributed by atoms with E-state index in [1.807, 2.05) is 0 Å². The first-order valence-electron chi connectivity index (χ1n) is 5.86. The zero-order valence-electron chi connectivity index (χ0n) is 10.2. The normalized spacial score (nSPS) is 11.9. The molecule has 102 valence electrons. The Labute approximate surface area is 112 Å². The fourth-order valence-corrected chi connectivity index (χ4v) is 2.20. The van der Waals surface area contributed by atoms with Crippen molar-refractivity contribution in [3.63, 3.8) is 0 Å². The van der Waals surface area contributed by atoms with Crippen LogP contribution in [-0.4, -0.2) is 9.97 Å². The molecule has 1 aromatic carbocycles. The number of nitrogens with one attached hydrogen (secondary N) is 1. The largest absolute Gasteiger partial charge is 0.418 e. The topological polar surface area (TPSA) is 54.7 Å². The Hall–Kier alpha value is -2.50. The minimum atomic E-state index is -4.40. The molecule has 0 atom stereocenters. The van der Waals surface area contributed by atoms with Gasteiger partial charge < -0.3 is 10.7 Å². The number of nitrogen functional groups attached to an aromatic ring is 1. The first kappa shape index (κ1) is 12.5. The molecule has 0 bridgehead atoms. The van der Waals surface area contributed by atoms with E-state index in [4.69, 9.17) is 5.73 Å². The monoisotopic (exact) mass is 277 g/mol. The molecular formula is C14H10F3N3. The van der Waals surface area contributed by atoms with Crippen molar-refractivity contribution >= 4 is 16.6 Å². The van der Waals surface area contributed by atoms with Crippen LogP contribution < -0.4 is 5.73 Å². The molecule has 2 heterocycles. The molecule has 0 spiro atoms. The van der Waals surface area contributed by atoms with Gasteiger partial charge in [-0.1, -0.05) is 12.1 Å². The van der Waals surface area contributed by atoms with E-state index in [1.54, 1.807) is 18.2 Å². The van der Waals surface area contributed by atoms with Crippen LogP contribution in [0.2, 0.25) is 0 Å². The summed E-state index contributed by atoms with van der Waals surface area (Å²) in [5.41, 5.74) is 6.69. The number of anilines is 1. The molecule has 0 aliphatic rings. The van der Waals surface area contributed by atoms with Crippen LogP contribution in [0.5, 0.6) is 0 Å². The molecule has 0 aliphatic carbocycles. The number of aromatic amines is 1. The van der Waals surface area contributed by atoms with Crippen LogP contribution in [0.3, 0.4) is 0 Å². The first-order chi connectivity index (χ1) is 9.47. The molecule has 0 aliphatic heterocycles. The highest BCUT2D eigenvalue weighted by Crippen LogP contribution is 2.37. The van der Waals surface area contributed by atoms with Crippen molar-refractivity contribution in [3.8, 4) is 11.3 Å². The van der Waals surface area contributed by atoms with Crippen molar-refractivity contribution in [2.45, 2.75) is 6.18 Å². The summed E-state index contributed by atoms with van der Waals surface area (Å²) < 4.78 is 38.8. The maximum atomic E-state index is 12.9. The Morgan fingerprint density at radius 1 is 1.15 bits per heavy atom. The van der Waals surface area contributed by atoms with Gasteiger partial charge in [0.05, 0.1) is 16.8 Å². The third-order valence-electron chi connectivity index (χ3n) is 3.08. The fraction of sp³-hybridized carbons (Fsp3) is 0.0714. The second-order valence-corrected chi connectivity index (χ2v) is 4.40. The first-order valence-corrected chi connectivity index (χ1v) is 5.86. The zero-order valence-corrected chi connectivity index (χ0v) is 10.2. The number of halogens is 3. The molecule has 0 fully saturated rings. The van der Waals surface area contributed by atoms with Crippen LogP contribution >= 0.6 is 0 Å². The average molecular weight is 277 g/mol. The number of para-hydroxylation sites is 1. The Balaban J connectivity index is 2.25. The van der Waals surface area contributed by atoms with Crippen molar-refractivity contribution < 1.29 is 13.2 Å². The predicted octanol–water partition coefficient (Wildman–Crippen LogP) is 3.83. The quantitative estimate of drug-likeness (QED) is 0.710. The van der Waals surface area contributed by atoms with Gasteiger partial charge in [0.15, 0.2) is 0 Å². The number of nitrogens with zero attached hydrogens (tertiary/aromatic N) is 1. The molecule has 0 amide bonds. The van der Waals surface area contributed by atoms with Gasteiger partial charge >= 0.3 is 6.18 Å². The van der Waals surface area contributed by atoms with E-state index in [0.717, 1.165) is 6.07 Å². The number of hydrogen-bond acceptors (Lipinski definition) is 2. The van der Waals surface area contributed by atoms with Crippen molar-refractivity contribution in [3.05, 3.63) is 48.3 Å². The van der Waals surface area contributed by atoms with Crippen molar-refractivity contribution in [1.29, 1.82) is 0 Å². The number of hydrogen-bond donors (Lipinski definition) is 2. The third-order valence-corrected chi connectivity index (χ3v) is 3.08. The molecule has 20 heavy (non-hydrogen) atoms. The smallest absolute Gasteiger partial charge is 0.399 e. The molecule has 0 radical (unpaired) electrons. The van der Waals surface area contributed by atoms with E-state index < -0.39 is 11.7 Å². The van der Waals surface area contributed by atoms with E-state index in [2.05, 4.69) is 9.97 Å². The van der Waals surface area contributed by atoms with Gasteiger partial charge in [0.2, 0.25) is 0 Å². The third kappa shape index (κ3) is 1.99. The van der Waals surface area contributed by atoms with Crippen molar-refractivity contribution in [1.82, 2.24) is 9.97 Å². The molecule has 3 rings (SSSR count).